The van der Waals surface area contributed by atoms with Crippen molar-refractivity contribution in [2.24, 2.45) is 11.3 Å². The first-order chi connectivity index (χ1) is 28.0. The fourth-order valence-electron chi connectivity index (χ4n) is 9.80. The maximum atomic E-state index is 3.83. The van der Waals surface area contributed by atoms with Gasteiger partial charge >= 0.3 is 0 Å². The third-order valence-corrected chi connectivity index (χ3v) is 19.0. The predicted molar refractivity (Wildman–Crippen MR) is 252 cm³/mol. The van der Waals surface area contributed by atoms with Gasteiger partial charge in [-0.1, -0.05) is 204 Å². The van der Waals surface area contributed by atoms with Crippen LogP contribution in [0.2, 0.25) is 0 Å². The van der Waals surface area contributed by atoms with Crippen molar-refractivity contribution in [1.29, 1.82) is 0 Å². The maximum absolute atomic E-state index is 3.83. The molecule has 0 heterocycles. The summed E-state index contributed by atoms with van der Waals surface area (Å²) in [5.41, 5.74) is 5.78. The second-order valence-electron chi connectivity index (χ2n) is 16.8. The average Bonchev–Trinajstić information content (AvgIpc) is 3.70. The van der Waals surface area contributed by atoms with Crippen LogP contribution in [-0.2, 0) is 6.54 Å². The molecule has 0 aliphatic heterocycles. The van der Waals surface area contributed by atoms with Gasteiger partial charge in [-0.15, -0.1) is 0 Å². The van der Waals surface area contributed by atoms with Crippen LogP contribution in [0.4, 0.5) is 0 Å². The Hall–Kier alpha value is -3.86. The highest BCUT2D eigenvalue weighted by Crippen LogP contribution is 2.62. The summed E-state index contributed by atoms with van der Waals surface area (Å²) in [6, 6.07) is 66.7. The van der Waals surface area contributed by atoms with Gasteiger partial charge in [0.25, 0.3) is 0 Å². The van der Waals surface area contributed by atoms with E-state index in [2.05, 4.69) is 209 Å². The van der Waals surface area contributed by atoms with E-state index in [-0.39, 0.29) is 5.41 Å². The summed E-state index contributed by atoms with van der Waals surface area (Å²) < 4.78 is 0. The summed E-state index contributed by atoms with van der Waals surface area (Å²) in [5.74, 6) is 1.77. The third-order valence-electron chi connectivity index (χ3n) is 12.9. The van der Waals surface area contributed by atoms with Gasteiger partial charge in [0.05, 0.1) is 0 Å². The van der Waals surface area contributed by atoms with Crippen molar-refractivity contribution in [2.45, 2.75) is 95.9 Å². The molecular formula is C54H63NP2. The van der Waals surface area contributed by atoms with Crippen LogP contribution in [0.5, 0.6) is 0 Å². The van der Waals surface area contributed by atoms with Crippen molar-refractivity contribution in [1.82, 2.24) is 5.32 Å². The quantitative estimate of drug-likeness (QED) is 0.0676. The molecule has 6 aromatic carbocycles. The zero-order valence-corrected chi connectivity index (χ0v) is 36.5. The summed E-state index contributed by atoms with van der Waals surface area (Å²) in [7, 11) is -1.09. The highest BCUT2D eigenvalue weighted by molar-refractivity contribution is 7.77. The molecule has 57 heavy (non-hydrogen) atoms. The molecule has 0 spiro atoms. The van der Waals surface area contributed by atoms with Crippen LogP contribution in [0.3, 0.4) is 0 Å². The molecule has 7 rings (SSSR count). The van der Waals surface area contributed by atoms with Gasteiger partial charge in [-0.3, -0.25) is 0 Å². The summed E-state index contributed by atoms with van der Waals surface area (Å²) in [5, 5.41) is 9.92. The molecule has 1 fully saturated rings. The maximum Gasteiger partial charge on any atom is 0.0205 e. The molecule has 0 amide bonds. The lowest BCUT2D eigenvalue weighted by atomic mass is 9.74. The van der Waals surface area contributed by atoms with E-state index < -0.39 is 15.8 Å². The van der Waals surface area contributed by atoms with E-state index in [0.717, 1.165) is 25.9 Å². The first-order valence-corrected chi connectivity index (χ1v) is 24.4. The minimum absolute atomic E-state index is 0.253. The molecule has 1 saturated carbocycles. The number of hydrogen-bond acceptors (Lipinski definition) is 1. The van der Waals surface area contributed by atoms with E-state index in [0.29, 0.717) is 29.1 Å². The van der Waals surface area contributed by atoms with Gasteiger partial charge in [0, 0.05) is 6.54 Å². The van der Waals surface area contributed by atoms with Crippen LogP contribution in [0, 0.1) is 11.3 Å². The average molecular weight is 788 g/mol. The van der Waals surface area contributed by atoms with Gasteiger partial charge < -0.3 is 5.32 Å². The lowest BCUT2D eigenvalue weighted by Gasteiger charge is -2.35. The Morgan fingerprint density at radius 3 is 1.26 bits per heavy atom. The normalized spacial score (nSPS) is 18.2. The molecule has 1 nitrogen and oxygen atoms in total. The monoisotopic (exact) mass is 787 g/mol. The zero-order chi connectivity index (χ0) is 39.5. The Bertz CT molecular complexity index is 1860. The second kappa shape index (κ2) is 20.2. The van der Waals surface area contributed by atoms with Gasteiger partial charge in [0.15, 0.2) is 0 Å². The molecule has 0 bridgehead atoms. The summed E-state index contributed by atoms with van der Waals surface area (Å²) in [4.78, 5) is 0. The van der Waals surface area contributed by atoms with Crippen molar-refractivity contribution in [3.8, 4) is 0 Å². The van der Waals surface area contributed by atoms with Gasteiger partial charge in [-0.2, -0.15) is 0 Å². The van der Waals surface area contributed by atoms with Crippen LogP contribution in [0.15, 0.2) is 176 Å². The fourth-order valence-corrected chi connectivity index (χ4v) is 16.6. The second-order valence-corrected chi connectivity index (χ2v) is 21.7. The van der Waals surface area contributed by atoms with Crippen LogP contribution < -0.4 is 26.5 Å². The number of hydrogen-bond donors (Lipinski definition) is 1. The van der Waals surface area contributed by atoms with Gasteiger partial charge in [-0.05, 0) is 133 Å². The summed E-state index contributed by atoms with van der Waals surface area (Å²) >= 11 is 0. The predicted octanol–water partition coefficient (Wildman–Crippen LogP) is 12.7. The molecule has 0 aromatic heterocycles. The fraction of sp³-hybridized carbons (Fsp3) is 0.333. The van der Waals surface area contributed by atoms with E-state index in [1.165, 1.54) is 63.6 Å². The number of nitrogens with one attached hydrogen (secondary N) is 1. The lowest BCUT2D eigenvalue weighted by Crippen LogP contribution is -2.31. The Morgan fingerprint density at radius 2 is 0.877 bits per heavy atom. The molecule has 6 aromatic rings. The molecular weight excluding hydrogens is 725 g/mol. The van der Waals surface area contributed by atoms with Crippen LogP contribution in [-0.4, -0.2) is 17.9 Å². The van der Waals surface area contributed by atoms with Crippen LogP contribution >= 0.6 is 15.8 Å². The minimum Gasteiger partial charge on any atom is -0.313 e. The summed E-state index contributed by atoms with van der Waals surface area (Å²) in [6.45, 7) is 11.8. The van der Waals surface area contributed by atoms with Crippen molar-refractivity contribution in [3.05, 3.63) is 193 Å². The van der Waals surface area contributed by atoms with Crippen LogP contribution in [0.25, 0.3) is 0 Å². The molecule has 1 aliphatic rings. The lowest BCUT2D eigenvalue weighted by molar-refractivity contribution is 0.194. The highest BCUT2D eigenvalue weighted by Gasteiger charge is 2.48. The Balaban J connectivity index is 1.06. The summed E-state index contributed by atoms with van der Waals surface area (Å²) in [6.07, 6.45) is 7.32. The number of rotatable bonds is 18. The van der Waals surface area contributed by atoms with Crippen LogP contribution in [0.1, 0.15) is 94.7 Å². The first-order valence-electron chi connectivity index (χ1n) is 21.6. The van der Waals surface area contributed by atoms with E-state index in [1.807, 2.05) is 0 Å². The van der Waals surface area contributed by atoms with E-state index >= 15 is 0 Å². The van der Waals surface area contributed by atoms with Crippen molar-refractivity contribution >= 4 is 37.1 Å². The molecule has 3 heteroatoms. The van der Waals surface area contributed by atoms with Gasteiger partial charge in [0.2, 0.25) is 0 Å². The first kappa shape index (κ1) is 41.3. The van der Waals surface area contributed by atoms with Gasteiger partial charge in [0.1, 0.15) is 0 Å². The van der Waals surface area contributed by atoms with Crippen molar-refractivity contribution in [2.75, 3.05) is 6.54 Å². The largest absolute Gasteiger partial charge is 0.313 e. The molecule has 1 aliphatic carbocycles. The van der Waals surface area contributed by atoms with E-state index in [4.69, 9.17) is 0 Å². The zero-order valence-electron chi connectivity index (χ0n) is 34.7. The molecule has 4 atom stereocenters. The molecule has 4 unspecified atom stereocenters. The molecule has 0 radical (unpaired) electrons. The van der Waals surface area contributed by atoms with Crippen molar-refractivity contribution in [3.63, 3.8) is 0 Å². The Labute approximate surface area is 347 Å². The van der Waals surface area contributed by atoms with Crippen molar-refractivity contribution < 1.29 is 0 Å². The Morgan fingerprint density at radius 1 is 0.509 bits per heavy atom. The minimum atomic E-state index is -0.544. The SMILES string of the molecule is CCC(c1ccccc1)C(CC)c1ccc(CNCCCC(C)(C)C2CC(P(c3ccccc3)c3ccccc3)C(P(c3ccccc3)c3ccccc3)C2)cc1. The van der Waals surface area contributed by atoms with E-state index in [9.17, 15) is 0 Å². The molecule has 294 valence electrons. The standard InChI is InChI=1S/C54H63NP2/c1-5-50(43-23-12-7-13-24-43)51(6-2)44-35-33-42(34-36-44)41-55-38-22-37-54(3,4)45-39-52(56(46-25-14-8-15-26-46)47-27-16-9-17-28-47)53(40-45)57(48-29-18-10-19-30-48)49-31-20-11-21-32-49/h7-21,23-36,45,50-53,55H,5-6,22,37-41H2,1-4H3. The third kappa shape index (κ3) is 10.2. The topological polar surface area (TPSA) is 12.0 Å². The number of benzene rings is 6. The van der Waals surface area contributed by atoms with Gasteiger partial charge in [-0.25, -0.2) is 0 Å². The Kier molecular flexibility index (Phi) is 14.6. The smallest absolute Gasteiger partial charge is 0.0205 e. The highest BCUT2D eigenvalue weighted by atomic mass is 31.1. The molecule has 1 N–H and O–H groups in total. The van der Waals surface area contributed by atoms with E-state index in [1.54, 1.807) is 0 Å². The molecule has 0 saturated heterocycles.